The zero-order chi connectivity index (χ0) is 17.3. The van der Waals surface area contributed by atoms with E-state index in [1.807, 2.05) is 25.7 Å². The first kappa shape index (κ1) is 17.0. The third-order valence-electron chi connectivity index (χ3n) is 4.42. The van der Waals surface area contributed by atoms with E-state index in [0.717, 1.165) is 38.2 Å². The molecule has 0 aliphatic carbocycles. The molecule has 0 radical (unpaired) electrons. The van der Waals surface area contributed by atoms with E-state index in [0.29, 0.717) is 31.0 Å². The van der Waals surface area contributed by atoms with Gasteiger partial charge < -0.3 is 10.2 Å². The predicted octanol–water partition coefficient (Wildman–Crippen LogP) is 0.643. The van der Waals surface area contributed by atoms with Gasteiger partial charge in [-0.2, -0.15) is 0 Å². The molecule has 132 valence electrons. The monoisotopic (exact) mass is 333 g/mol. The average Bonchev–Trinajstić information content (AvgIpc) is 3.00. The van der Waals surface area contributed by atoms with Crippen LogP contribution in [0.3, 0.4) is 0 Å². The van der Waals surface area contributed by atoms with Crippen molar-refractivity contribution >= 4 is 11.9 Å². The van der Waals surface area contributed by atoms with Crippen molar-refractivity contribution in [2.75, 3.05) is 31.1 Å². The number of rotatable bonds is 3. The van der Waals surface area contributed by atoms with Gasteiger partial charge in [0.1, 0.15) is 0 Å². The minimum Gasteiger partial charge on any atom is -0.350 e. The van der Waals surface area contributed by atoms with Gasteiger partial charge in [-0.15, -0.1) is 0 Å². The Bertz CT molecular complexity index is 671. The third kappa shape index (κ3) is 3.95. The molecule has 7 nitrogen and oxygen atoms in total. The molecule has 0 atom stereocenters. The van der Waals surface area contributed by atoms with E-state index < -0.39 is 0 Å². The van der Waals surface area contributed by atoms with Crippen molar-refractivity contribution in [2.45, 2.75) is 52.1 Å². The molecular formula is C17H27N5O2. The van der Waals surface area contributed by atoms with Crippen molar-refractivity contribution in [3.8, 4) is 0 Å². The fraction of sp³-hybridized carbons (Fsp3) is 0.706. The highest BCUT2D eigenvalue weighted by Crippen LogP contribution is 2.19. The molecule has 0 unspecified atom stereocenters. The number of carbonyl (C=O) groups is 1. The van der Waals surface area contributed by atoms with Gasteiger partial charge in [0.15, 0.2) is 0 Å². The van der Waals surface area contributed by atoms with Crippen molar-refractivity contribution in [3.05, 3.63) is 21.6 Å². The molecule has 2 N–H and O–H groups in total. The van der Waals surface area contributed by atoms with Crippen LogP contribution in [0.5, 0.6) is 0 Å². The zero-order valence-corrected chi connectivity index (χ0v) is 14.8. The smallest absolute Gasteiger partial charge is 0.257 e. The topological polar surface area (TPSA) is 81.3 Å². The van der Waals surface area contributed by atoms with Gasteiger partial charge in [0.2, 0.25) is 11.9 Å². The number of anilines is 1. The van der Waals surface area contributed by atoms with Crippen molar-refractivity contribution in [2.24, 2.45) is 0 Å². The van der Waals surface area contributed by atoms with Crippen LogP contribution in [0.25, 0.3) is 0 Å². The molecule has 1 fully saturated rings. The Morgan fingerprint density at radius 3 is 2.62 bits per heavy atom. The van der Waals surface area contributed by atoms with E-state index in [-0.39, 0.29) is 17.0 Å². The fourth-order valence-electron chi connectivity index (χ4n) is 3.34. The first-order valence-corrected chi connectivity index (χ1v) is 8.72. The largest absolute Gasteiger partial charge is 0.350 e. The lowest BCUT2D eigenvalue weighted by Crippen LogP contribution is -2.47. The summed E-state index contributed by atoms with van der Waals surface area (Å²) in [6.07, 6.45) is 3.01. The van der Waals surface area contributed by atoms with Crippen molar-refractivity contribution < 1.29 is 4.79 Å². The van der Waals surface area contributed by atoms with Crippen LogP contribution in [-0.2, 0) is 17.8 Å². The van der Waals surface area contributed by atoms with Crippen LogP contribution in [0.4, 0.5) is 5.95 Å². The lowest BCUT2D eigenvalue weighted by molar-refractivity contribution is -0.123. The number of carbonyl (C=O) groups excluding carboxylic acids is 1. The lowest BCUT2D eigenvalue weighted by atomic mass is 10.1. The number of fused-ring (bicyclic) bond motifs is 1. The Morgan fingerprint density at radius 1 is 1.25 bits per heavy atom. The molecule has 2 aliphatic rings. The maximum absolute atomic E-state index is 12.5. The highest BCUT2D eigenvalue weighted by atomic mass is 16.2. The quantitative estimate of drug-likeness (QED) is 0.848. The molecule has 24 heavy (non-hydrogen) atoms. The molecule has 0 aromatic carbocycles. The van der Waals surface area contributed by atoms with Crippen LogP contribution in [0.1, 0.15) is 44.9 Å². The van der Waals surface area contributed by atoms with Crippen molar-refractivity contribution in [1.29, 1.82) is 0 Å². The minimum absolute atomic E-state index is 0.0102. The van der Waals surface area contributed by atoms with Gasteiger partial charge in [-0.25, -0.2) is 4.98 Å². The van der Waals surface area contributed by atoms with E-state index in [4.69, 9.17) is 0 Å². The standard InChI is InChI=1S/C17H27N5O2/c1-17(2,3)20-14(23)11-21-9-6-13-12(10-21)15(24)19-16(18-13)22-7-4-5-8-22/h4-11H2,1-3H3,(H,20,23)(H,18,19,24). The molecular weight excluding hydrogens is 306 g/mol. The summed E-state index contributed by atoms with van der Waals surface area (Å²) in [5.41, 5.74) is 1.28. The Hall–Kier alpha value is -1.89. The van der Waals surface area contributed by atoms with Crippen LogP contribution < -0.4 is 15.8 Å². The Balaban J connectivity index is 1.70. The van der Waals surface area contributed by atoms with Gasteiger partial charge in [-0.3, -0.25) is 19.5 Å². The number of hydrogen-bond donors (Lipinski definition) is 2. The second-order valence-corrected chi connectivity index (χ2v) is 7.77. The van der Waals surface area contributed by atoms with Gasteiger partial charge in [0.05, 0.1) is 17.8 Å². The molecule has 1 saturated heterocycles. The van der Waals surface area contributed by atoms with Gasteiger partial charge in [-0.05, 0) is 33.6 Å². The lowest BCUT2D eigenvalue weighted by Gasteiger charge is -2.29. The van der Waals surface area contributed by atoms with Gasteiger partial charge in [0.25, 0.3) is 5.56 Å². The summed E-state index contributed by atoms with van der Waals surface area (Å²) in [6, 6.07) is 0. The number of nitrogens with zero attached hydrogens (tertiary/aromatic N) is 3. The summed E-state index contributed by atoms with van der Waals surface area (Å²) in [7, 11) is 0. The van der Waals surface area contributed by atoms with Gasteiger partial charge in [0, 0.05) is 38.1 Å². The summed E-state index contributed by atoms with van der Waals surface area (Å²) in [5.74, 6) is 0.694. The van der Waals surface area contributed by atoms with E-state index in [1.165, 1.54) is 0 Å². The molecule has 3 rings (SSSR count). The second-order valence-electron chi connectivity index (χ2n) is 7.77. The normalized spacial score (nSPS) is 18.5. The SMILES string of the molecule is CC(C)(C)NC(=O)CN1CCc2nc(N3CCCC3)[nH]c(=O)c2C1. The molecule has 2 aliphatic heterocycles. The maximum Gasteiger partial charge on any atom is 0.257 e. The van der Waals surface area contributed by atoms with E-state index in [1.54, 1.807) is 0 Å². The highest BCUT2D eigenvalue weighted by molar-refractivity contribution is 5.78. The van der Waals surface area contributed by atoms with E-state index in [2.05, 4.69) is 20.2 Å². The molecule has 0 saturated carbocycles. The molecule has 3 heterocycles. The van der Waals surface area contributed by atoms with Gasteiger partial charge in [-0.1, -0.05) is 0 Å². The summed E-state index contributed by atoms with van der Waals surface area (Å²) < 4.78 is 0. The molecule has 1 aromatic heterocycles. The molecule has 1 amide bonds. The van der Waals surface area contributed by atoms with E-state index >= 15 is 0 Å². The number of aromatic amines is 1. The number of H-pyrrole nitrogens is 1. The summed E-state index contributed by atoms with van der Waals surface area (Å²) in [5, 5.41) is 2.96. The summed E-state index contributed by atoms with van der Waals surface area (Å²) in [6.45, 7) is 9.35. The number of nitrogens with one attached hydrogen (secondary N) is 2. The van der Waals surface area contributed by atoms with Crippen molar-refractivity contribution in [1.82, 2.24) is 20.2 Å². The fourth-order valence-corrected chi connectivity index (χ4v) is 3.34. The first-order chi connectivity index (χ1) is 11.3. The number of aromatic nitrogens is 2. The number of amides is 1. The average molecular weight is 333 g/mol. The minimum atomic E-state index is -0.242. The Morgan fingerprint density at radius 2 is 1.96 bits per heavy atom. The zero-order valence-electron chi connectivity index (χ0n) is 14.8. The van der Waals surface area contributed by atoms with Crippen LogP contribution in [0.2, 0.25) is 0 Å². The van der Waals surface area contributed by atoms with Crippen LogP contribution in [-0.4, -0.2) is 52.5 Å². The first-order valence-electron chi connectivity index (χ1n) is 8.72. The maximum atomic E-state index is 12.5. The molecule has 0 spiro atoms. The van der Waals surface area contributed by atoms with Crippen molar-refractivity contribution in [3.63, 3.8) is 0 Å². The molecule has 1 aromatic rings. The van der Waals surface area contributed by atoms with Crippen LogP contribution in [0.15, 0.2) is 4.79 Å². The summed E-state index contributed by atoms with van der Waals surface area (Å²) in [4.78, 5) is 36.3. The highest BCUT2D eigenvalue weighted by Gasteiger charge is 2.25. The van der Waals surface area contributed by atoms with Crippen LogP contribution in [0, 0.1) is 0 Å². The third-order valence-corrected chi connectivity index (χ3v) is 4.42. The molecule has 0 bridgehead atoms. The Kier molecular flexibility index (Phi) is 4.62. The molecule has 7 heteroatoms. The van der Waals surface area contributed by atoms with E-state index in [9.17, 15) is 9.59 Å². The van der Waals surface area contributed by atoms with Crippen LogP contribution >= 0.6 is 0 Å². The predicted molar refractivity (Wildman–Crippen MR) is 93.2 cm³/mol. The Labute approximate surface area is 142 Å². The second kappa shape index (κ2) is 6.55. The summed E-state index contributed by atoms with van der Waals surface area (Å²) >= 11 is 0. The number of hydrogen-bond acceptors (Lipinski definition) is 5. The van der Waals surface area contributed by atoms with Gasteiger partial charge >= 0.3 is 0 Å².